The number of non-ortho nitro benzene ring substituents is 1. The van der Waals surface area contributed by atoms with E-state index in [-0.39, 0.29) is 12.3 Å². The van der Waals surface area contributed by atoms with Crippen LogP contribution in [-0.4, -0.2) is 30.0 Å². The lowest BCUT2D eigenvalue weighted by molar-refractivity contribution is -0.384. The zero-order valence-corrected chi connectivity index (χ0v) is 13.6. The minimum absolute atomic E-state index is 0.0537. The maximum Gasteiger partial charge on any atom is 0.372 e. The average molecular weight is 346 g/mol. The minimum atomic E-state index is -0.676. The number of nitro benzene ring substituents is 1. The first-order valence-electron chi connectivity index (χ1n) is 6.83. The summed E-state index contributed by atoms with van der Waals surface area (Å²) in [5.74, 6) is -0.348. The van der Waals surface area contributed by atoms with E-state index in [1.807, 2.05) is 30.5 Å². The Morgan fingerprint density at radius 2 is 1.88 bits per heavy atom. The number of carbonyl (C=O) groups excluding carboxylic acids is 1. The van der Waals surface area contributed by atoms with Gasteiger partial charge < -0.3 is 9.57 Å². The molecule has 0 saturated heterocycles. The molecule has 0 spiro atoms. The minimum Gasteiger partial charge on any atom is -0.482 e. The van der Waals surface area contributed by atoms with E-state index in [1.54, 1.807) is 11.8 Å². The predicted molar refractivity (Wildman–Crippen MR) is 90.5 cm³/mol. The first kappa shape index (κ1) is 17.5. The molecule has 0 N–H and O–H groups in total. The third-order valence-corrected chi connectivity index (χ3v) is 3.62. The predicted octanol–water partition coefficient (Wildman–Crippen LogP) is 3.27. The van der Waals surface area contributed by atoms with Crippen LogP contribution in [0.2, 0.25) is 0 Å². The summed E-state index contributed by atoms with van der Waals surface area (Å²) < 4.78 is 5.16. The molecule has 0 saturated carbocycles. The maximum atomic E-state index is 11.5. The largest absolute Gasteiger partial charge is 0.482 e. The fourth-order valence-electron chi connectivity index (χ4n) is 1.67. The van der Waals surface area contributed by atoms with Crippen molar-refractivity contribution >= 4 is 29.6 Å². The maximum absolute atomic E-state index is 11.5. The molecular weight excluding hydrogens is 332 g/mol. The van der Waals surface area contributed by atoms with Crippen molar-refractivity contribution in [3.63, 3.8) is 0 Å². The van der Waals surface area contributed by atoms with E-state index in [0.29, 0.717) is 5.75 Å². The van der Waals surface area contributed by atoms with Crippen molar-refractivity contribution in [1.82, 2.24) is 0 Å². The number of nitrogens with zero attached hydrogens (tertiary/aromatic N) is 2. The molecule has 0 amide bonds. The molecule has 0 aliphatic rings. The van der Waals surface area contributed by atoms with Gasteiger partial charge >= 0.3 is 5.97 Å². The van der Waals surface area contributed by atoms with E-state index >= 15 is 0 Å². The van der Waals surface area contributed by atoms with E-state index in [1.165, 1.54) is 30.5 Å². The second-order valence-electron chi connectivity index (χ2n) is 4.51. The number of thioether (sulfide) groups is 1. The number of ether oxygens (including phenoxy) is 1. The Hall–Kier alpha value is -2.87. The van der Waals surface area contributed by atoms with Gasteiger partial charge in [-0.05, 0) is 36.1 Å². The van der Waals surface area contributed by atoms with Gasteiger partial charge in [0.25, 0.3) is 5.69 Å². The fourth-order valence-corrected chi connectivity index (χ4v) is 2.08. The number of hydrogen-bond acceptors (Lipinski definition) is 7. The molecule has 0 fully saturated rings. The number of rotatable bonds is 7. The molecule has 0 radical (unpaired) electrons. The van der Waals surface area contributed by atoms with Crippen LogP contribution in [0.25, 0.3) is 0 Å². The highest BCUT2D eigenvalue weighted by atomic mass is 32.2. The molecule has 2 rings (SSSR count). The van der Waals surface area contributed by atoms with E-state index < -0.39 is 10.9 Å². The zero-order valence-electron chi connectivity index (χ0n) is 12.7. The number of carbonyl (C=O) groups is 1. The van der Waals surface area contributed by atoms with Gasteiger partial charge in [0.15, 0.2) is 6.61 Å². The molecule has 0 unspecified atom stereocenters. The van der Waals surface area contributed by atoms with E-state index in [4.69, 9.17) is 4.74 Å². The van der Waals surface area contributed by atoms with E-state index in [0.717, 1.165) is 10.5 Å². The first-order valence-corrected chi connectivity index (χ1v) is 8.05. The average Bonchev–Trinajstić information content (AvgIpc) is 2.61. The Morgan fingerprint density at radius 1 is 1.21 bits per heavy atom. The van der Waals surface area contributed by atoms with Gasteiger partial charge in [-0.2, -0.15) is 0 Å². The highest BCUT2D eigenvalue weighted by molar-refractivity contribution is 7.98. The standard InChI is InChI=1S/C16H14N2O5S/c1-24-15-8-2-12(3-9-15)10-17-23-16(19)11-22-14-6-4-13(5-7-14)18(20)21/h2-10H,11H2,1H3/b17-10+. The van der Waals surface area contributed by atoms with Crippen LogP contribution in [-0.2, 0) is 9.63 Å². The number of oxime groups is 1. The third kappa shape index (κ3) is 5.40. The second kappa shape index (κ2) is 8.68. The van der Waals surface area contributed by atoms with Gasteiger partial charge in [-0.15, -0.1) is 11.8 Å². The van der Waals surface area contributed by atoms with Crippen LogP contribution in [0.5, 0.6) is 5.75 Å². The lowest BCUT2D eigenvalue weighted by Gasteiger charge is -2.03. The molecule has 2 aromatic rings. The van der Waals surface area contributed by atoms with Gasteiger partial charge in [0, 0.05) is 17.0 Å². The molecule has 0 atom stereocenters. The van der Waals surface area contributed by atoms with Gasteiger partial charge in [-0.3, -0.25) is 10.1 Å². The molecule has 0 aliphatic carbocycles. The molecule has 0 aliphatic heterocycles. The molecule has 8 heteroatoms. The van der Waals surface area contributed by atoms with Crippen molar-refractivity contribution in [2.45, 2.75) is 4.90 Å². The molecule has 7 nitrogen and oxygen atoms in total. The Labute approximate surface area is 142 Å². The summed E-state index contributed by atoms with van der Waals surface area (Å²) in [6, 6.07) is 13.0. The van der Waals surface area contributed by atoms with Crippen LogP contribution >= 0.6 is 11.8 Å². The molecule has 0 bridgehead atoms. The van der Waals surface area contributed by atoms with Gasteiger partial charge in [-0.1, -0.05) is 17.3 Å². The summed E-state index contributed by atoms with van der Waals surface area (Å²) in [4.78, 5) is 27.3. The zero-order chi connectivity index (χ0) is 17.4. The monoisotopic (exact) mass is 346 g/mol. The number of benzene rings is 2. The van der Waals surface area contributed by atoms with Crippen molar-refractivity contribution < 1.29 is 19.3 Å². The van der Waals surface area contributed by atoms with Crippen LogP contribution in [0.15, 0.2) is 58.6 Å². The topological polar surface area (TPSA) is 91.0 Å². The van der Waals surface area contributed by atoms with Crippen LogP contribution in [0, 0.1) is 10.1 Å². The summed E-state index contributed by atoms with van der Waals surface area (Å²) >= 11 is 1.63. The highest BCUT2D eigenvalue weighted by Gasteiger charge is 2.07. The van der Waals surface area contributed by atoms with Crippen molar-refractivity contribution in [3.05, 3.63) is 64.2 Å². The van der Waals surface area contributed by atoms with Gasteiger partial charge in [0.2, 0.25) is 0 Å². The van der Waals surface area contributed by atoms with Crippen molar-refractivity contribution in [2.24, 2.45) is 5.16 Å². The van der Waals surface area contributed by atoms with Gasteiger partial charge in [0.05, 0.1) is 11.1 Å². The van der Waals surface area contributed by atoms with Gasteiger partial charge in [0.1, 0.15) is 5.75 Å². The number of nitro groups is 1. The van der Waals surface area contributed by atoms with E-state index in [2.05, 4.69) is 9.99 Å². The Bertz CT molecular complexity index is 729. The van der Waals surface area contributed by atoms with Crippen LogP contribution in [0.4, 0.5) is 5.69 Å². The van der Waals surface area contributed by atoms with Crippen molar-refractivity contribution in [2.75, 3.05) is 12.9 Å². The normalized spacial score (nSPS) is 10.5. The Morgan fingerprint density at radius 3 is 2.46 bits per heavy atom. The summed E-state index contributed by atoms with van der Waals surface area (Å²) in [5, 5.41) is 14.1. The van der Waals surface area contributed by atoms with Crippen LogP contribution < -0.4 is 4.74 Å². The Kier molecular flexibility index (Phi) is 6.32. The Balaban J connectivity index is 1.78. The first-order chi connectivity index (χ1) is 11.6. The quantitative estimate of drug-likeness (QED) is 0.251. The SMILES string of the molecule is CSc1ccc(/C=N/OC(=O)COc2ccc([N+](=O)[O-])cc2)cc1. The molecule has 0 heterocycles. The van der Waals surface area contributed by atoms with Crippen LogP contribution in [0.1, 0.15) is 5.56 Å². The number of hydrogen-bond donors (Lipinski definition) is 0. The second-order valence-corrected chi connectivity index (χ2v) is 5.39. The van der Waals surface area contributed by atoms with Crippen molar-refractivity contribution in [1.29, 1.82) is 0 Å². The van der Waals surface area contributed by atoms with Crippen molar-refractivity contribution in [3.8, 4) is 5.75 Å². The molecule has 124 valence electrons. The molecule has 0 aromatic heterocycles. The lowest BCUT2D eigenvalue weighted by Crippen LogP contribution is -2.12. The molecule has 24 heavy (non-hydrogen) atoms. The molecule has 2 aromatic carbocycles. The van der Waals surface area contributed by atoms with E-state index in [9.17, 15) is 14.9 Å². The van der Waals surface area contributed by atoms with Crippen LogP contribution in [0.3, 0.4) is 0 Å². The highest BCUT2D eigenvalue weighted by Crippen LogP contribution is 2.17. The molecular formula is C16H14N2O5S. The lowest BCUT2D eigenvalue weighted by atomic mass is 10.2. The summed E-state index contributed by atoms with van der Waals surface area (Å²) in [7, 11) is 0. The summed E-state index contributed by atoms with van der Waals surface area (Å²) in [6.07, 6.45) is 3.41. The summed E-state index contributed by atoms with van der Waals surface area (Å²) in [6.45, 7) is -0.347. The van der Waals surface area contributed by atoms with Gasteiger partial charge in [-0.25, -0.2) is 4.79 Å². The third-order valence-electron chi connectivity index (χ3n) is 2.88. The summed E-state index contributed by atoms with van der Waals surface area (Å²) in [5.41, 5.74) is 0.749. The smallest absolute Gasteiger partial charge is 0.372 e. The fraction of sp³-hybridized carbons (Fsp3) is 0.125.